The van der Waals surface area contributed by atoms with Crippen molar-refractivity contribution in [1.82, 2.24) is 5.32 Å². The average Bonchev–Trinajstić information content (AvgIpc) is 2.47. The number of hydrogen-bond donors (Lipinski definition) is 1. The highest BCUT2D eigenvalue weighted by Crippen LogP contribution is 2.23. The van der Waals surface area contributed by atoms with Gasteiger partial charge in [-0.05, 0) is 24.6 Å². The van der Waals surface area contributed by atoms with Crippen molar-refractivity contribution >= 4 is 21.8 Å². The highest BCUT2D eigenvalue weighted by atomic mass is 79.9. The van der Waals surface area contributed by atoms with Crippen molar-refractivity contribution < 1.29 is 13.6 Å². The number of amides is 1. The average molecular weight is 354 g/mol. The Bertz CT molecular complexity index is 628. The van der Waals surface area contributed by atoms with Gasteiger partial charge in [-0.25, -0.2) is 8.78 Å². The molecule has 2 rings (SSSR count). The summed E-state index contributed by atoms with van der Waals surface area (Å²) in [6.45, 7) is 1.84. The normalized spacial score (nSPS) is 13.5. The van der Waals surface area contributed by atoms with Gasteiger partial charge in [-0.1, -0.05) is 46.3 Å². The number of hydrogen-bond acceptors (Lipinski definition) is 1. The minimum atomic E-state index is -0.777. The number of carbonyl (C=O) groups is 1. The highest BCUT2D eigenvalue weighted by molar-refractivity contribution is 9.09. The molecule has 110 valence electrons. The second-order valence-corrected chi connectivity index (χ2v) is 5.50. The highest BCUT2D eigenvalue weighted by Gasteiger charge is 2.28. The van der Waals surface area contributed by atoms with Gasteiger partial charge in [0, 0.05) is 17.0 Å². The third kappa shape index (κ3) is 3.67. The van der Waals surface area contributed by atoms with Gasteiger partial charge in [-0.15, -0.1) is 0 Å². The summed E-state index contributed by atoms with van der Waals surface area (Å²) in [5.41, 5.74) is 0.170. The lowest BCUT2D eigenvalue weighted by molar-refractivity contribution is 0.0913. The zero-order valence-electron chi connectivity index (χ0n) is 11.4. The van der Waals surface area contributed by atoms with Gasteiger partial charge in [0.25, 0.3) is 5.91 Å². The van der Waals surface area contributed by atoms with Gasteiger partial charge in [0.15, 0.2) is 0 Å². The second-order valence-electron chi connectivity index (χ2n) is 4.94. The van der Waals surface area contributed by atoms with Crippen LogP contribution >= 0.6 is 15.9 Å². The van der Waals surface area contributed by atoms with Crippen LogP contribution in [0.15, 0.2) is 48.5 Å². The third-order valence-electron chi connectivity index (χ3n) is 3.19. The van der Waals surface area contributed by atoms with Crippen molar-refractivity contribution in [2.24, 2.45) is 0 Å². The fraction of sp³-hybridized carbons (Fsp3) is 0.188. The fourth-order valence-corrected chi connectivity index (χ4v) is 2.46. The molecule has 0 aliphatic carbocycles. The zero-order valence-corrected chi connectivity index (χ0v) is 13.0. The summed E-state index contributed by atoms with van der Waals surface area (Å²) < 4.78 is 26.4. The molecule has 21 heavy (non-hydrogen) atoms. The molecule has 0 aliphatic rings. The molecule has 1 atom stereocenters. The minimum absolute atomic E-state index is 0.0457. The van der Waals surface area contributed by atoms with Crippen molar-refractivity contribution in [1.29, 1.82) is 0 Å². The van der Waals surface area contributed by atoms with Gasteiger partial charge in [0.2, 0.25) is 0 Å². The van der Waals surface area contributed by atoms with Crippen LogP contribution in [0.3, 0.4) is 0 Å². The summed E-state index contributed by atoms with van der Waals surface area (Å²) in [4.78, 5) is 12.2. The minimum Gasteiger partial charge on any atom is -0.342 e. The Morgan fingerprint density at radius 1 is 1.14 bits per heavy atom. The summed E-state index contributed by atoms with van der Waals surface area (Å²) >= 11 is 3.38. The van der Waals surface area contributed by atoms with Crippen molar-refractivity contribution in [2.45, 2.75) is 12.5 Å². The van der Waals surface area contributed by atoms with Crippen molar-refractivity contribution in [2.75, 3.05) is 5.33 Å². The lowest BCUT2D eigenvalue weighted by Crippen LogP contribution is -2.45. The van der Waals surface area contributed by atoms with Gasteiger partial charge in [-0.2, -0.15) is 0 Å². The molecular weight excluding hydrogens is 340 g/mol. The van der Waals surface area contributed by atoms with Crippen LogP contribution < -0.4 is 5.32 Å². The van der Waals surface area contributed by atoms with Crippen LogP contribution in [-0.4, -0.2) is 11.2 Å². The van der Waals surface area contributed by atoms with E-state index in [4.69, 9.17) is 0 Å². The predicted molar refractivity (Wildman–Crippen MR) is 81.4 cm³/mol. The van der Waals surface area contributed by atoms with E-state index in [0.29, 0.717) is 5.33 Å². The predicted octanol–water partition coefficient (Wildman–Crippen LogP) is 4.00. The molecule has 0 heterocycles. The molecule has 0 saturated heterocycles. The lowest BCUT2D eigenvalue weighted by atomic mass is 9.94. The molecule has 5 heteroatoms. The first-order chi connectivity index (χ1) is 9.94. The Balaban J connectivity index is 2.28. The summed E-state index contributed by atoms with van der Waals surface area (Å²) in [5.74, 6) is -2.08. The standard InChI is InChI=1S/C16H14BrF2NO/c1-16(10-17,12-5-3-2-4-6-12)20-15(21)11-7-13(18)9-14(19)8-11/h2-9H,10H2,1H3,(H,20,21). The Morgan fingerprint density at radius 3 is 2.24 bits per heavy atom. The quantitative estimate of drug-likeness (QED) is 0.826. The van der Waals surface area contributed by atoms with E-state index in [-0.39, 0.29) is 5.56 Å². The summed E-state index contributed by atoms with van der Waals surface area (Å²) in [5, 5.41) is 3.28. The Labute approximate surface area is 130 Å². The zero-order chi connectivity index (χ0) is 15.5. The van der Waals surface area contributed by atoms with Gasteiger partial charge in [0.05, 0.1) is 5.54 Å². The van der Waals surface area contributed by atoms with Gasteiger partial charge < -0.3 is 5.32 Å². The van der Waals surface area contributed by atoms with E-state index in [1.54, 1.807) is 0 Å². The Morgan fingerprint density at radius 2 is 1.71 bits per heavy atom. The van der Waals surface area contributed by atoms with Gasteiger partial charge >= 0.3 is 0 Å². The van der Waals surface area contributed by atoms with Gasteiger partial charge in [-0.3, -0.25) is 4.79 Å². The number of benzene rings is 2. The number of rotatable bonds is 4. The molecule has 2 nitrogen and oxygen atoms in total. The second kappa shape index (κ2) is 6.35. The smallest absolute Gasteiger partial charge is 0.252 e. The van der Waals surface area contributed by atoms with E-state index in [0.717, 1.165) is 23.8 Å². The maximum Gasteiger partial charge on any atom is 0.252 e. The first kappa shape index (κ1) is 15.6. The molecule has 2 aromatic carbocycles. The molecule has 1 amide bonds. The summed E-state index contributed by atoms with van der Waals surface area (Å²) in [6, 6.07) is 12.1. The van der Waals surface area contributed by atoms with Gasteiger partial charge in [0.1, 0.15) is 11.6 Å². The molecule has 0 fully saturated rings. The first-order valence-corrected chi connectivity index (χ1v) is 7.47. The van der Waals surface area contributed by atoms with E-state index in [1.807, 2.05) is 37.3 Å². The summed E-state index contributed by atoms with van der Waals surface area (Å²) in [7, 11) is 0. The van der Waals surface area contributed by atoms with Crippen molar-refractivity contribution in [3.05, 3.63) is 71.3 Å². The summed E-state index contributed by atoms with van der Waals surface area (Å²) in [6.07, 6.45) is 0. The largest absolute Gasteiger partial charge is 0.342 e. The van der Waals surface area contributed by atoms with E-state index in [9.17, 15) is 13.6 Å². The van der Waals surface area contributed by atoms with Crippen LogP contribution in [0.2, 0.25) is 0 Å². The molecule has 0 saturated carbocycles. The third-order valence-corrected chi connectivity index (χ3v) is 4.31. The van der Waals surface area contributed by atoms with Crippen LogP contribution in [0.1, 0.15) is 22.8 Å². The van der Waals surface area contributed by atoms with Crippen LogP contribution in [0.5, 0.6) is 0 Å². The fourth-order valence-electron chi connectivity index (χ4n) is 2.00. The molecule has 0 radical (unpaired) electrons. The molecule has 2 aromatic rings. The molecule has 0 aromatic heterocycles. The van der Waals surface area contributed by atoms with Crippen molar-refractivity contribution in [3.63, 3.8) is 0 Å². The van der Waals surface area contributed by atoms with Crippen LogP contribution in [-0.2, 0) is 5.54 Å². The van der Waals surface area contributed by atoms with Crippen LogP contribution in [0.4, 0.5) is 8.78 Å². The van der Waals surface area contributed by atoms with E-state index in [1.165, 1.54) is 0 Å². The first-order valence-electron chi connectivity index (χ1n) is 6.35. The van der Waals surface area contributed by atoms with Crippen LogP contribution in [0.25, 0.3) is 0 Å². The molecule has 1 N–H and O–H groups in total. The maximum atomic E-state index is 13.2. The molecule has 0 bridgehead atoms. The number of alkyl halides is 1. The molecule has 0 spiro atoms. The molecular formula is C16H14BrF2NO. The number of nitrogens with one attached hydrogen (secondary N) is 1. The van der Waals surface area contributed by atoms with E-state index >= 15 is 0 Å². The Hall–Kier alpha value is -1.75. The maximum absolute atomic E-state index is 13.2. The number of carbonyl (C=O) groups excluding carboxylic acids is 1. The van der Waals surface area contributed by atoms with Crippen LogP contribution in [0, 0.1) is 11.6 Å². The van der Waals surface area contributed by atoms with E-state index < -0.39 is 23.1 Å². The monoisotopic (exact) mass is 353 g/mol. The Kier molecular flexibility index (Phi) is 4.73. The molecule has 1 unspecified atom stereocenters. The van der Waals surface area contributed by atoms with E-state index in [2.05, 4.69) is 21.2 Å². The number of halogens is 3. The lowest BCUT2D eigenvalue weighted by Gasteiger charge is -2.29. The van der Waals surface area contributed by atoms with Crippen molar-refractivity contribution in [3.8, 4) is 0 Å². The molecule has 0 aliphatic heterocycles. The SMILES string of the molecule is CC(CBr)(NC(=O)c1cc(F)cc(F)c1)c1ccccc1. The topological polar surface area (TPSA) is 29.1 Å².